The van der Waals surface area contributed by atoms with E-state index in [-0.39, 0.29) is 11.9 Å². The monoisotopic (exact) mass is 448 g/mol. The van der Waals surface area contributed by atoms with Crippen LogP contribution in [-0.2, 0) is 4.79 Å². The highest BCUT2D eigenvalue weighted by atomic mass is 35.5. The smallest absolute Gasteiger partial charge is 0.246 e. The number of nitrogens with zero attached hydrogens (tertiary/aromatic N) is 4. The van der Waals surface area contributed by atoms with Crippen molar-refractivity contribution in [3.8, 4) is 11.8 Å². The fourth-order valence-corrected chi connectivity index (χ4v) is 3.74. The minimum Gasteiger partial charge on any atom is -0.365 e. The van der Waals surface area contributed by atoms with Gasteiger partial charge in [0.25, 0.3) is 0 Å². The van der Waals surface area contributed by atoms with Crippen molar-refractivity contribution in [2.45, 2.75) is 12.5 Å². The van der Waals surface area contributed by atoms with Gasteiger partial charge in [0.2, 0.25) is 5.91 Å². The highest BCUT2D eigenvalue weighted by Gasteiger charge is 2.25. The van der Waals surface area contributed by atoms with Crippen LogP contribution in [0.2, 0.25) is 5.02 Å². The van der Waals surface area contributed by atoms with Gasteiger partial charge in [-0.25, -0.2) is 9.97 Å². The molecule has 164 valence electrons. The van der Waals surface area contributed by atoms with Gasteiger partial charge in [-0.3, -0.25) is 4.79 Å². The molecule has 3 heterocycles. The SMILES string of the molecule is CN(C)CC=CC(=O)N1CCC(Nc2ncnc3[nH]c(C#Cc4ccccc4Cl)cc23)C1. The summed E-state index contributed by atoms with van der Waals surface area (Å²) in [5, 5.41) is 4.96. The molecule has 0 saturated carbocycles. The quantitative estimate of drug-likeness (QED) is 0.463. The number of anilines is 1. The van der Waals surface area contributed by atoms with Crippen molar-refractivity contribution >= 4 is 34.4 Å². The van der Waals surface area contributed by atoms with E-state index in [1.165, 1.54) is 6.33 Å². The molecule has 1 aromatic carbocycles. The molecule has 2 N–H and O–H groups in total. The second-order valence-electron chi connectivity index (χ2n) is 7.98. The number of carbonyl (C=O) groups excluding carboxylic acids is 1. The van der Waals surface area contributed by atoms with Crippen molar-refractivity contribution in [2.24, 2.45) is 0 Å². The molecule has 1 unspecified atom stereocenters. The van der Waals surface area contributed by atoms with Crippen molar-refractivity contribution in [1.29, 1.82) is 0 Å². The van der Waals surface area contributed by atoms with Crippen LogP contribution in [-0.4, -0.2) is 70.4 Å². The number of rotatable bonds is 5. The molecule has 2 aromatic heterocycles. The number of halogens is 1. The van der Waals surface area contributed by atoms with Crippen LogP contribution in [0.4, 0.5) is 5.82 Å². The summed E-state index contributed by atoms with van der Waals surface area (Å²) in [7, 11) is 3.95. The van der Waals surface area contributed by atoms with Crippen LogP contribution in [0.25, 0.3) is 11.0 Å². The van der Waals surface area contributed by atoms with E-state index >= 15 is 0 Å². The summed E-state index contributed by atoms with van der Waals surface area (Å²) < 4.78 is 0. The van der Waals surface area contributed by atoms with Gasteiger partial charge in [0.05, 0.1) is 16.1 Å². The zero-order chi connectivity index (χ0) is 22.5. The molecule has 1 aliphatic rings. The van der Waals surface area contributed by atoms with Gasteiger partial charge >= 0.3 is 0 Å². The van der Waals surface area contributed by atoms with Gasteiger partial charge in [-0.1, -0.05) is 35.7 Å². The maximum absolute atomic E-state index is 12.4. The van der Waals surface area contributed by atoms with Gasteiger partial charge in [0.1, 0.15) is 17.8 Å². The van der Waals surface area contributed by atoms with Crippen LogP contribution < -0.4 is 5.32 Å². The van der Waals surface area contributed by atoms with Crippen LogP contribution >= 0.6 is 11.6 Å². The third-order valence-electron chi connectivity index (χ3n) is 5.20. The number of fused-ring (bicyclic) bond motifs is 1. The molecule has 1 amide bonds. The average molecular weight is 449 g/mol. The number of amides is 1. The summed E-state index contributed by atoms with van der Waals surface area (Å²) in [5.74, 6) is 6.98. The van der Waals surface area contributed by atoms with Crippen LogP contribution in [0.1, 0.15) is 17.7 Å². The van der Waals surface area contributed by atoms with Crippen LogP contribution in [0.15, 0.2) is 48.8 Å². The Kier molecular flexibility index (Phi) is 6.74. The number of hydrogen-bond donors (Lipinski definition) is 2. The van der Waals surface area contributed by atoms with Gasteiger partial charge in [0, 0.05) is 37.3 Å². The van der Waals surface area contributed by atoms with E-state index in [9.17, 15) is 4.79 Å². The highest BCUT2D eigenvalue weighted by molar-refractivity contribution is 6.31. The summed E-state index contributed by atoms with van der Waals surface area (Å²) in [6.45, 7) is 2.11. The number of aromatic amines is 1. The van der Waals surface area contributed by atoms with Crippen LogP contribution in [0.3, 0.4) is 0 Å². The van der Waals surface area contributed by atoms with Gasteiger partial charge in [-0.05, 0) is 44.6 Å². The predicted octanol–water partition coefficient (Wildman–Crippen LogP) is 3.14. The second-order valence-corrected chi connectivity index (χ2v) is 8.38. The standard InChI is InChI=1S/C24H25ClN6O/c1-30(2)12-5-8-22(32)31-13-11-19(15-31)29-24-20-14-18(28-23(20)26-16-27-24)10-9-17-6-3-4-7-21(17)25/h3-8,14,16,19H,11-13,15H2,1-2H3,(H2,26,27,28,29). The molecule has 3 aromatic rings. The van der Waals surface area contributed by atoms with E-state index in [1.807, 2.05) is 60.3 Å². The lowest BCUT2D eigenvalue weighted by molar-refractivity contribution is -0.125. The lowest BCUT2D eigenvalue weighted by atomic mass is 10.2. The largest absolute Gasteiger partial charge is 0.365 e. The van der Waals surface area contributed by atoms with E-state index in [2.05, 4.69) is 32.1 Å². The molecule has 32 heavy (non-hydrogen) atoms. The van der Waals surface area contributed by atoms with Gasteiger partial charge in [-0.15, -0.1) is 0 Å². The number of likely N-dealkylation sites (tertiary alicyclic amines) is 1. The molecule has 0 spiro atoms. The third kappa shape index (κ3) is 5.28. The Morgan fingerprint density at radius 2 is 2.19 bits per heavy atom. The highest BCUT2D eigenvalue weighted by Crippen LogP contribution is 2.23. The van der Waals surface area contributed by atoms with Crippen molar-refractivity contribution in [2.75, 3.05) is 39.0 Å². The molecule has 1 saturated heterocycles. The Hall–Kier alpha value is -3.34. The molecule has 1 atom stereocenters. The number of aromatic nitrogens is 3. The normalized spacial score (nSPS) is 16.0. The molecule has 4 rings (SSSR count). The van der Waals surface area contributed by atoms with Gasteiger partial charge in [0.15, 0.2) is 0 Å². The summed E-state index contributed by atoms with van der Waals surface area (Å²) in [6, 6.07) is 9.55. The van der Waals surface area contributed by atoms with Gasteiger partial charge < -0.3 is 20.1 Å². The molecular formula is C24H25ClN6O. The van der Waals surface area contributed by atoms with Crippen LogP contribution in [0, 0.1) is 11.8 Å². The third-order valence-corrected chi connectivity index (χ3v) is 5.53. The number of carbonyl (C=O) groups is 1. The molecule has 0 bridgehead atoms. The Labute approximate surface area is 192 Å². The fourth-order valence-electron chi connectivity index (χ4n) is 3.56. The fraction of sp³-hybridized carbons (Fsp3) is 0.292. The number of benzene rings is 1. The van der Waals surface area contributed by atoms with E-state index in [4.69, 9.17) is 11.6 Å². The summed E-state index contributed by atoms with van der Waals surface area (Å²) >= 11 is 6.19. The van der Waals surface area contributed by atoms with Crippen molar-refractivity contribution in [1.82, 2.24) is 24.8 Å². The summed E-state index contributed by atoms with van der Waals surface area (Å²) in [4.78, 5) is 28.2. The molecular weight excluding hydrogens is 424 g/mol. The van der Waals surface area contributed by atoms with E-state index < -0.39 is 0 Å². The first-order valence-electron chi connectivity index (χ1n) is 10.5. The summed E-state index contributed by atoms with van der Waals surface area (Å²) in [6.07, 6.45) is 5.93. The van der Waals surface area contributed by atoms with Crippen molar-refractivity contribution in [3.05, 3.63) is 65.1 Å². The Morgan fingerprint density at radius 1 is 1.34 bits per heavy atom. The van der Waals surface area contributed by atoms with E-state index in [0.29, 0.717) is 17.2 Å². The molecule has 0 radical (unpaired) electrons. The first-order valence-corrected chi connectivity index (χ1v) is 10.8. The number of H-pyrrole nitrogens is 1. The van der Waals surface area contributed by atoms with Crippen molar-refractivity contribution in [3.63, 3.8) is 0 Å². The lowest BCUT2D eigenvalue weighted by Crippen LogP contribution is -2.30. The van der Waals surface area contributed by atoms with Gasteiger partial charge in [-0.2, -0.15) is 0 Å². The van der Waals surface area contributed by atoms with E-state index in [1.54, 1.807) is 6.08 Å². The molecule has 8 heteroatoms. The predicted molar refractivity (Wildman–Crippen MR) is 128 cm³/mol. The number of likely N-dealkylation sites (N-methyl/N-ethyl adjacent to an activating group) is 1. The first kappa shape index (κ1) is 21.9. The summed E-state index contributed by atoms with van der Waals surface area (Å²) in [5.41, 5.74) is 2.22. The Balaban J connectivity index is 1.45. The molecule has 1 aliphatic heterocycles. The zero-order valence-electron chi connectivity index (χ0n) is 18.1. The number of hydrogen-bond acceptors (Lipinski definition) is 5. The van der Waals surface area contributed by atoms with Crippen LogP contribution in [0.5, 0.6) is 0 Å². The molecule has 1 fully saturated rings. The lowest BCUT2D eigenvalue weighted by Gasteiger charge is -2.16. The second kappa shape index (κ2) is 9.86. The Bertz CT molecular complexity index is 1210. The molecule has 0 aliphatic carbocycles. The van der Waals surface area contributed by atoms with Crippen molar-refractivity contribution < 1.29 is 4.79 Å². The topological polar surface area (TPSA) is 77.2 Å². The zero-order valence-corrected chi connectivity index (χ0v) is 18.9. The average Bonchev–Trinajstić information content (AvgIpc) is 3.40. The Morgan fingerprint density at radius 3 is 3.00 bits per heavy atom. The minimum atomic E-state index is 0.0442. The van der Waals surface area contributed by atoms with E-state index in [0.717, 1.165) is 42.0 Å². The maximum Gasteiger partial charge on any atom is 0.246 e. The minimum absolute atomic E-state index is 0.0442. The maximum atomic E-state index is 12.4. The first-order chi connectivity index (χ1) is 15.5. The number of nitrogens with one attached hydrogen (secondary N) is 2. The molecule has 7 nitrogen and oxygen atoms in total.